The second-order valence-corrected chi connectivity index (χ2v) is 3.21. The summed E-state index contributed by atoms with van der Waals surface area (Å²) in [5.74, 6) is 0. The maximum Gasteiger partial charge on any atom is 0.271 e. The molecule has 5 heteroatoms. The maximum atomic E-state index is 11.6. The average molecular weight is 183 g/mol. The van der Waals surface area contributed by atoms with Crippen molar-refractivity contribution < 1.29 is 5.11 Å². The number of aromatic nitrogens is 2. The molecule has 0 atom stereocenters. The van der Waals surface area contributed by atoms with E-state index in [1.54, 1.807) is 4.68 Å². The molecule has 1 aromatic heterocycles. The minimum Gasteiger partial charge on any atom is -0.396 e. The summed E-state index contributed by atoms with van der Waals surface area (Å²) < 4.78 is 1.57. The first-order valence-corrected chi connectivity index (χ1v) is 4.45. The molecule has 2 heterocycles. The third-order valence-corrected chi connectivity index (χ3v) is 2.28. The van der Waals surface area contributed by atoms with Crippen LogP contribution < -0.4 is 10.9 Å². The first-order chi connectivity index (χ1) is 6.33. The van der Waals surface area contributed by atoms with Gasteiger partial charge in [0.1, 0.15) is 0 Å². The van der Waals surface area contributed by atoms with Gasteiger partial charge in [0.15, 0.2) is 0 Å². The van der Waals surface area contributed by atoms with Crippen LogP contribution in [0, 0.1) is 0 Å². The van der Waals surface area contributed by atoms with E-state index < -0.39 is 0 Å². The molecule has 0 radical (unpaired) electrons. The zero-order valence-electron chi connectivity index (χ0n) is 7.34. The molecule has 0 fully saturated rings. The summed E-state index contributed by atoms with van der Waals surface area (Å²) in [7, 11) is 0. The highest BCUT2D eigenvalue weighted by Gasteiger charge is 2.17. The number of hydrogen-bond donors (Lipinski definition) is 3. The molecule has 0 spiro atoms. The Hall–Kier alpha value is -1.07. The first kappa shape index (κ1) is 8.52. The summed E-state index contributed by atoms with van der Waals surface area (Å²) in [6, 6.07) is 0. The fraction of sp³-hybridized carbons (Fsp3) is 0.625. The number of H-pyrrole nitrogens is 1. The minimum atomic E-state index is 0.0495. The van der Waals surface area contributed by atoms with Crippen LogP contribution in [0.1, 0.15) is 17.7 Å². The highest BCUT2D eigenvalue weighted by atomic mass is 16.3. The molecule has 0 saturated heterocycles. The van der Waals surface area contributed by atoms with E-state index in [4.69, 9.17) is 5.11 Å². The Kier molecular flexibility index (Phi) is 2.20. The lowest BCUT2D eigenvalue weighted by molar-refractivity contribution is 0.276. The van der Waals surface area contributed by atoms with Crippen LogP contribution in [0.15, 0.2) is 4.79 Å². The van der Waals surface area contributed by atoms with Crippen LogP contribution in [0.25, 0.3) is 0 Å². The number of aromatic amines is 1. The van der Waals surface area contributed by atoms with Crippen molar-refractivity contribution in [2.45, 2.75) is 26.1 Å². The molecule has 3 N–H and O–H groups in total. The van der Waals surface area contributed by atoms with Crippen LogP contribution in [0.3, 0.4) is 0 Å². The molecule has 13 heavy (non-hydrogen) atoms. The second-order valence-electron chi connectivity index (χ2n) is 3.21. The zero-order valence-corrected chi connectivity index (χ0v) is 7.34. The van der Waals surface area contributed by atoms with Crippen molar-refractivity contribution in [2.24, 2.45) is 0 Å². The van der Waals surface area contributed by atoms with Crippen molar-refractivity contribution in [1.29, 1.82) is 0 Å². The number of aliphatic hydroxyl groups is 1. The predicted octanol–water partition coefficient (Wildman–Crippen LogP) is -0.838. The molecule has 0 aromatic carbocycles. The molecule has 0 amide bonds. The highest BCUT2D eigenvalue weighted by Crippen LogP contribution is 2.07. The zero-order chi connectivity index (χ0) is 9.26. The second kappa shape index (κ2) is 3.35. The number of rotatable bonds is 3. The highest BCUT2D eigenvalue weighted by molar-refractivity contribution is 5.20. The Bertz CT molecular complexity index is 353. The van der Waals surface area contributed by atoms with Gasteiger partial charge in [-0.2, -0.15) is 0 Å². The third kappa shape index (κ3) is 1.40. The number of nitrogens with one attached hydrogen (secondary N) is 2. The fourth-order valence-corrected chi connectivity index (χ4v) is 1.60. The summed E-state index contributed by atoms with van der Waals surface area (Å²) in [6.45, 7) is 2.10. The summed E-state index contributed by atoms with van der Waals surface area (Å²) in [4.78, 5) is 11.6. The van der Waals surface area contributed by atoms with E-state index in [0.717, 1.165) is 17.8 Å². The molecule has 0 aliphatic carbocycles. The van der Waals surface area contributed by atoms with Gasteiger partial charge in [0.25, 0.3) is 5.56 Å². The van der Waals surface area contributed by atoms with Gasteiger partial charge >= 0.3 is 0 Å². The van der Waals surface area contributed by atoms with Crippen molar-refractivity contribution in [1.82, 2.24) is 15.1 Å². The van der Waals surface area contributed by atoms with E-state index in [0.29, 0.717) is 19.5 Å². The van der Waals surface area contributed by atoms with Crippen LogP contribution in [-0.2, 0) is 19.6 Å². The molecule has 2 rings (SSSR count). The number of aryl methyl sites for hydroxylation is 1. The quantitative estimate of drug-likeness (QED) is 0.572. The normalized spacial score (nSPS) is 14.8. The third-order valence-electron chi connectivity index (χ3n) is 2.28. The first-order valence-electron chi connectivity index (χ1n) is 4.45. The van der Waals surface area contributed by atoms with Gasteiger partial charge in [-0.25, -0.2) is 0 Å². The lowest BCUT2D eigenvalue weighted by Gasteiger charge is -1.99. The van der Waals surface area contributed by atoms with Gasteiger partial charge in [-0.05, 0) is 6.42 Å². The molecule has 0 saturated carbocycles. The van der Waals surface area contributed by atoms with E-state index in [9.17, 15) is 4.79 Å². The monoisotopic (exact) mass is 183 g/mol. The Balaban J connectivity index is 2.24. The number of nitrogens with zero attached hydrogens (tertiary/aromatic N) is 1. The van der Waals surface area contributed by atoms with Gasteiger partial charge in [0, 0.05) is 26.2 Å². The molecule has 0 unspecified atom stereocenters. The van der Waals surface area contributed by atoms with E-state index in [2.05, 4.69) is 10.4 Å². The smallest absolute Gasteiger partial charge is 0.271 e. The van der Waals surface area contributed by atoms with E-state index >= 15 is 0 Å². The molecular formula is C8H13N3O2. The molecule has 0 bridgehead atoms. The fourth-order valence-electron chi connectivity index (χ4n) is 1.60. The lowest BCUT2D eigenvalue weighted by Crippen LogP contribution is -2.21. The van der Waals surface area contributed by atoms with Crippen molar-refractivity contribution in [3.63, 3.8) is 0 Å². The Labute approximate surface area is 75.4 Å². The van der Waals surface area contributed by atoms with Gasteiger partial charge in [-0.1, -0.05) is 0 Å². The van der Waals surface area contributed by atoms with Gasteiger partial charge in [0.2, 0.25) is 0 Å². The van der Waals surface area contributed by atoms with Gasteiger partial charge in [-0.15, -0.1) is 0 Å². The summed E-state index contributed by atoms with van der Waals surface area (Å²) >= 11 is 0. The standard InChI is InChI=1S/C8H13N3O2/c12-3-1-2-11-8(13)6-4-9-5-7(6)10-11/h9-10,12H,1-5H2. The molecule has 72 valence electrons. The lowest BCUT2D eigenvalue weighted by atomic mass is 10.3. The Morgan fingerprint density at radius 1 is 1.46 bits per heavy atom. The number of aliphatic hydroxyl groups excluding tert-OH is 1. The Morgan fingerprint density at radius 3 is 3.00 bits per heavy atom. The molecule has 1 aliphatic rings. The van der Waals surface area contributed by atoms with Gasteiger partial charge < -0.3 is 10.4 Å². The summed E-state index contributed by atoms with van der Waals surface area (Å²) in [5.41, 5.74) is 1.88. The van der Waals surface area contributed by atoms with E-state index in [1.807, 2.05) is 0 Å². The SMILES string of the molecule is O=c1c2c([nH]n1CCCO)CNC2. The van der Waals surface area contributed by atoms with Crippen LogP contribution in [0.2, 0.25) is 0 Å². The molecular weight excluding hydrogens is 170 g/mol. The van der Waals surface area contributed by atoms with Crippen LogP contribution in [0.5, 0.6) is 0 Å². The predicted molar refractivity (Wildman–Crippen MR) is 47.3 cm³/mol. The molecule has 1 aliphatic heterocycles. The van der Waals surface area contributed by atoms with E-state index in [1.165, 1.54) is 0 Å². The summed E-state index contributed by atoms with van der Waals surface area (Å²) in [5, 5.41) is 14.7. The molecule has 1 aromatic rings. The van der Waals surface area contributed by atoms with Crippen LogP contribution in [-0.4, -0.2) is 21.5 Å². The number of fused-ring (bicyclic) bond motifs is 1. The van der Waals surface area contributed by atoms with Crippen LogP contribution in [0.4, 0.5) is 0 Å². The van der Waals surface area contributed by atoms with Gasteiger partial charge in [0.05, 0.1) is 11.3 Å². The Morgan fingerprint density at radius 2 is 2.31 bits per heavy atom. The van der Waals surface area contributed by atoms with Crippen molar-refractivity contribution in [3.8, 4) is 0 Å². The van der Waals surface area contributed by atoms with Crippen molar-refractivity contribution >= 4 is 0 Å². The van der Waals surface area contributed by atoms with Gasteiger partial charge in [-0.3, -0.25) is 14.6 Å². The van der Waals surface area contributed by atoms with Crippen molar-refractivity contribution in [2.75, 3.05) is 6.61 Å². The van der Waals surface area contributed by atoms with Crippen LogP contribution >= 0.6 is 0 Å². The topological polar surface area (TPSA) is 70.0 Å². The maximum absolute atomic E-state index is 11.6. The average Bonchev–Trinajstić information content (AvgIpc) is 2.67. The number of hydrogen-bond acceptors (Lipinski definition) is 3. The molecule has 5 nitrogen and oxygen atoms in total. The minimum absolute atomic E-state index is 0.0495. The van der Waals surface area contributed by atoms with E-state index in [-0.39, 0.29) is 12.2 Å². The summed E-state index contributed by atoms with van der Waals surface area (Å²) in [6.07, 6.45) is 0.618. The largest absolute Gasteiger partial charge is 0.396 e. The van der Waals surface area contributed by atoms with Crippen molar-refractivity contribution in [3.05, 3.63) is 21.6 Å².